The quantitative estimate of drug-likeness (QED) is 0.642. The Hall–Kier alpha value is -2.86. The number of piperidine rings is 1. The van der Waals surface area contributed by atoms with Crippen molar-refractivity contribution in [2.75, 3.05) is 31.6 Å². The van der Waals surface area contributed by atoms with Gasteiger partial charge in [0.15, 0.2) is 6.61 Å². The molecule has 2 aromatic rings. The molecule has 1 aliphatic rings. The number of benzene rings is 2. The fourth-order valence-electron chi connectivity index (χ4n) is 3.29. The molecular weight excluding hydrogens is 366 g/mol. The van der Waals surface area contributed by atoms with Crippen molar-refractivity contribution in [2.45, 2.75) is 26.2 Å². The lowest BCUT2D eigenvalue weighted by Crippen LogP contribution is -2.41. The number of carbonyl (C=O) groups is 2. The molecule has 154 valence electrons. The van der Waals surface area contributed by atoms with Crippen LogP contribution in [0, 0.1) is 12.8 Å². The molecule has 6 heteroatoms. The van der Waals surface area contributed by atoms with E-state index in [1.165, 1.54) is 0 Å². The first kappa shape index (κ1) is 20.9. The second-order valence-electron chi connectivity index (χ2n) is 7.43. The summed E-state index contributed by atoms with van der Waals surface area (Å²) in [6.45, 7) is 4.36. The number of nitrogens with one attached hydrogen (secondary N) is 3. The molecule has 29 heavy (non-hydrogen) atoms. The Kier molecular flexibility index (Phi) is 7.64. The fraction of sp³-hybridized carbons (Fsp3) is 0.391. The maximum absolute atomic E-state index is 12.1. The van der Waals surface area contributed by atoms with Gasteiger partial charge >= 0.3 is 0 Å². The Morgan fingerprint density at radius 3 is 2.55 bits per heavy atom. The minimum atomic E-state index is -0.196. The van der Waals surface area contributed by atoms with E-state index in [-0.39, 0.29) is 24.3 Å². The molecule has 1 aliphatic heterocycles. The van der Waals surface area contributed by atoms with E-state index in [4.69, 9.17) is 4.74 Å². The number of ether oxygens (including phenoxy) is 1. The Morgan fingerprint density at radius 1 is 1.10 bits per heavy atom. The van der Waals surface area contributed by atoms with Crippen LogP contribution >= 0.6 is 0 Å². The van der Waals surface area contributed by atoms with Crippen LogP contribution in [0.25, 0.3) is 0 Å². The highest BCUT2D eigenvalue weighted by Gasteiger charge is 2.20. The van der Waals surface area contributed by atoms with Crippen LogP contribution in [0.4, 0.5) is 5.69 Å². The van der Waals surface area contributed by atoms with Gasteiger partial charge < -0.3 is 20.7 Å². The minimum absolute atomic E-state index is 0.0430. The molecule has 3 rings (SSSR count). The Morgan fingerprint density at radius 2 is 1.86 bits per heavy atom. The van der Waals surface area contributed by atoms with Gasteiger partial charge in [0, 0.05) is 18.8 Å². The van der Waals surface area contributed by atoms with Gasteiger partial charge in [-0.05, 0) is 62.6 Å². The van der Waals surface area contributed by atoms with Crippen LogP contribution in [0.5, 0.6) is 5.75 Å². The standard InChI is InChI=1S/C23H29N3O3/c1-17-4-8-20(9-5-17)26-22(27)16-29-21-10-6-18(7-11-21)12-14-25-23(28)19-3-2-13-24-15-19/h4-11,19,24H,2-3,12-16H2,1H3,(H,25,28)(H,26,27). The average molecular weight is 396 g/mol. The molecule has 3 N–H and O–H groups in total. The van der Waals surface area contributed by atoms with Crippen LogP contribution in [-0.2, 0) is 16.0 Å². The van der Waals surface area contributed by atoms with E-state index in [9.17, 15) is 9.59 Å². The maximum Gasteiger partial charge on any atom is 0.262 e. The van der Waals surface area contributed by atoms with Crippen molar-refractivity contribution in [3.05, 3.63) is 59.7 Å². The maximum atomic E-state index is 12.1. The number of carbonyl (C=O) groups excluding carboxylic acids is 2. The van der Waals surface area contributed by atoms with E-state index in [1.54, 1.807) is 0 Å². The van der Waals surface area contributed by atoms with Crippen molar-refractivity contribution < 1.29 is 14.3 Å². The largest absolute Gasteiger partial charge is 0.484 e. The Bertz CT molecular complexity index is 797. The summed E-state index contributed by atoms with van der Waals surface area (Å²) in [6.07, 6.45) is 2.78. The van der Waals surface area contributed by atoms with Gasteiger partial charge in [-0.3, -0.25) is 9.59 Å². The lowest BCUT2D eigenvalue weighted by molar-refractivity contribution is -0.125. The molecule has 2 aromatic carbocycles. The van der Waals surface area contributed by atoms with Gasteiger partial charge in [0.2, 0.25) is 5.91 Å². The van der Waals surface area contributed by atoms with E-state index in [0.29, 0.717) is 12.3 Å². The summed E-state index contributed by atoms with van der Waals surface area (Å²) >= 11 is 0. The van der Waals surface area contributed by atoms with Crippen molar-refractivity contribution in [1.29, 1.82) is 0 Å². The summed E-state index contributed by atoms with van der Waals surface area (Å²) in [7, 11) is 0. The molecule has 0 bridgehead atoms. The fourth-order valence-corrected chi connectivity index (χ4v) is 3.29. The molecule has 0 aromatic heterocycles. The highest BCUT2D eigenvalue weighted by atomic mass is 16.5. The molecule has 1 unspecified atom stereocenters. The van der Waals surface area contributed by atoms with Crippen molar-refractivity contribution in [1.82, 2.24) is 10.6 Å². The van der Waals surface area contributed by atoms with Gasteiger partial charge in [-0.1, -0.05) is 29.8 Å². The summed E-state index contributed by atoms with van der Waals surface area (Å²) in [5, 5.41) is 9.09. The topological polar surface area (TPSA) is 79.5 Å². The van der Waals surface area contributed by atoms with E-state index in [2.05, 4.69) is 16.0 Å². The summed E-state index contributed by atoms with van der Waals surface area (Å²) in [5.74, 6) is 0.672. The summed E-state index contributed by atoms with van der Waals surface area (Å²) in [6, 6.07) is 15.2. The summed E-state index contributed by atoms with van der Waals surface area (Å²) in [5.41, 5.74) is 3.01. The van der Waals surface area contributed by atoms with Crippen LogP contribution in [0.2, 0.25) is 0 Å². The molecule has 0 spiro atoms. The van der Waals surface area contributed by atoms with Crippen LogP contribution in [0.1, 0.15) is 24.0 Å². The normalized spacial score (nSPS) is 16.1. The minimum Gasteiger partial charge on any atom is -0.484 e. The van der Waals surface area contributed by atoms with Crippen LogP contribution in [0.15, 0.2) is 48.5 Å². The second kappa shape index (κ2) is 10.6. The van der Waals surface area contributed by atoms with Gasteiger partial charge in [0.1, 0.15) is 5.75 Å². The molecule has 0 radical (unpaired) electrons. The van der Waals surface area contributed by atoms with Gasteiger partial charge in [0.05, 0.1) is 5.92 Å². The average Bonchev–Trinajstić information content (AvgIpc) is 2.75. The highest BCUT2D eigenvalue weighted by Crippen LogP contribution is 2.14. The molecule has 1 fully saturated rings. The third kappa shape index (κ3) is 6.91. The zero-order valence-corrected chi connectivity index (χ0v) is 16.9. The molecule has 0 saturated carbocycles. The lowest BCUT2D eigenvalue weighted by Gasteiger charge is -2.21. The van der Waals surface area contributed by atoms with Crippen LogP contribution in [-0.4, -0.2) is 38.1 Å². The lowest BCUT2D eigenvalue weighted by atomic mass is 9.99. The number of aryl methyl sites for hydroxylation is 1. The molecule has 2 amide bonds. The number of hydrogen-bond donors (Lipinski definition) is 3. The number of rotatable bonds is 8. The second-order valence-corrected chi connectivity index (χ2v) is 7.43. The van der Waals surface area contributed by atoms with E-state index < -0.39 is 0 Å². The molecule has 1 atom stereocenters. The van der Waals surface area contributed by atoms with E-state index in [1.807, 2.05) is 55.5 Å². The third-order valence-corrected chi connectivity index (χ3v) is 5.01. The SMILES string of the molecule is Cc1ccc(NC(=O)COc2ccc(CCNC(=O)C3CCCNC3)cc2)cc1. The van der Waals surface area contributed by atoms with Crippen molar-refractivity contribution in [3.8, 4) is 5.75 Å². The number of amides is 2. The predicted octanol–water partition coefficient (Wildman–Crippen LogP) is 2.67. The first-order valence-corrected chi connectivity index (χ1v) is 10.2. The summed E-state index contributed by atoms with van der Waals surface area (Å²) in [4.78, 5) is 24.1. The summed E-state index contributed by atoms with van der Waals surface area (Å²) < 4.78 is 5.55. The third-order valence-electron chi connectivity index (χ3n) is 5.01. The molecular formula is C23H29N3O3. The first-order chi connectivity index (χ1) is 14.1. The zero-order chi connectivity index (χ0) is 20.5. The predicted molar refractivity (Wildman–Crippen MR) is 114 cm³/mol. The van der Waals surface area contributed by atoms with E-state index >= 15 is 0 Å². The Balaban J connectivity index is 1.36. The zero-order valence-electron chi connectivity index (χ0n) is 16.9. The Labute approximate surface area is 172 Å². The van der Waals surface area contributed by atoms with Gasteiger partial charge in [-0.25, -0.2) is 0 Å². The molecule has 1 heterocycles. The first-order valence-electron chi connectivity index (χ1n) is 10.2. The van der Waals surface area contributed by atoms with Crippen LogP contribution < -0.4 is 20.7 Å². The van der Waals surface area contributed by atoms with Gasteiger partial charge in [0.25, 0.3) is 5.91 Å². The molecule has 6 nitrogen and oxygen atoms in total. The van der Waals surface area contributed by atoms with Gasteiger partial charge in [-0.15, -0.1) is 0 Å². The molecule has 0 aliphatic carbocycles. The van der Waals surface area contributed by atoms with Crippen molar-refractivity contribution in [3.63, 3.8) is 0 Å². The monoisotopic (exact) mass is 395 g/mol. The number of hydrogen-bond acceptors (Lipinski definition) is 4. The van der Waals surface area contributed by atoms with E-state index in [0.717, 1.165) is 49.2 Å². The van der Waals surface area contributed by atoms with Crippen molar-refractivity contribution >= 4 is 17.5 Å². The van der Waals surface area contributed by atoms with Crippen molar-refractivity contribution in [2.24, 2.45) is 5.92 Å². The highest BCUT2D eigenvalue weighted by molar-refractivity contribution is 5.91. The van der Waals surface area contributed by atoms with Gasteiger partial charge in [-0.2, -0.15) is 0 Å². The smallest absolute Gasteiger partial charge is 0.262 e. The number of anilines is 1. The molecule has 1 saturated heterocycles. The van der Waals surface area contributed by atoms with Crippen LogP contribution in [0.3, 0.4) is 0 Å².